The summed E-state index contributed by atoms with van der Waals surface area (Å²) in [5, 5.41) is 14.2. The lowest BCUT2D eigenvalue weighted by Gasteiger charge is -2.35. The first kappa shape index (κ1) is 17.7. The summed E-state index contributed by atoms with van der Waals surface area (Å²) in [6.45, 7) is 0.510. The Hall–Kier alpha value is -3.39. The minimum absolute atomic E-state index is 0.0567. The van der Waals surface area contributed by atoms with E-state index in [9.17, 15) is 14.7 Å². The predicted molar refractivity (Wildman–Crippen MR) is 104 cm³/mol. The van der Waals surface area contributed by atoms with Crippen molar-refractivity contribution < 1.29 is 19.4 Å². The molecule has 1 unspecified atom stereocenters. The zero-order chi connectivity index (χ0) is 20.2. The van der Waals surface area contributed by atoms with Gasteiger partial charge in [-0.05, 0) is 37.0 Å². The third-order valence-electron chi connectivity index (χ3n) is 5.56. The normalized spacial score (nSPS) is 20.8. The average Bonchev–Trinajstić information content (AvgIpc) is 3.43. The number of carbonyl (C=O) groups is 2. The van der Waals surface area contributed by atoms with Crippen molar-refractivity contribution in [1.82, 2.24) is 20.2 Å². The van der Waals surface area contributed by atoms with Crippen LogP contribution in [-0.4, -0.2) is 45.6 Å². The van der Waals surface area contributed by atoms with Gasteiger partial charge >= 0.3 is 12.1 Å². The highest BCUT2D eigenvalue weighted by Crippen LogP contribution is 2.45. The van der Waals surface area contributed by atoms with Crippen molar-refractivity contribution >= 4 is 23.0 Å². The van der Waals surface area contributed by atoms with Crippen LogP contribution in [0.3, 0.4) is 0 Å². The van der Waals surface area contributed by atoms with Crippen LogP contribution < -0.4 is 10.1 Å². The van der Waals surface area contributed by atoms with Crippen LogP contribution in [0.15, 0.2) is 42.5 Å². The first-order valence-electron chi connectivity index (χ1n) is 9.54. The number of aromatic amines is 1. The molecule has 2 aliphatic rings. The molecular weight excluding hydrogens is 372 g/mol. The van der Waals surface area contributed by atoms with E-state index in [1.165, 1.54) is 7.05 Å². The molecule has 0 bridgehead atoms. The molecule has 1 saturated carbocycles. The highest BCUT2D eigenvalue weighted by Gasteiger charge is 2.51. The Labute approximate surface area is 166 Å². The number of ether oxygens (including phenoxy) is 1. The van der Waals surface area contributed by atoms with Crippen molar-refractivity contribution in [2.75, 3.05) is 13.6 Å². The van der Waals surface area contributed by atoms with Crippen LogP contribution in [0.4, 0.5) is 4.79 Å². The van der Waals surface area contributed by atoms with Crippen LogP contribution in [0.25, 0.3) is 11.0 Å². The maximum atomic E-state index is 13.1. The summed E-state index contributed by atoms with van der Waals surface area (Å²) in [7, 11) is 1.46. The number of fused-ring (bicyclic) bond motifs is 2. The van der Waals surface area contributed by atoms with Gasteiger partial charge in [-0.25, -0.2) is 4.79 Å². The molecule has 2 amide bonds. The zero-order valence-electron chi connectivity index (χ0n) is 15.8. The van der Waals surface area contributed by atoms with Crippen molar-refractivity contribution in [2.45, 2.75) is 18.6 Å². The number of carbonyl (C=O) groups excluding carboxylic acids is 2. The van der Waals surface area contributed by atoms with Crippen LogP contribution in [0, 0.1) is 5.92 Å². The Balaban J connectivity index is 1.60. The van der Waals surface area contributed by atoms with E-state index in [-0.39, 0.29) is 11.9 Å². The van der Waals surface area contributed by atoms with Gasteiger partial charge in [0.1, 0.15) is 0 Å². The Morgan fingerprint density at radius 2 is 2.14 bits per heavy atom. The summed E-state index contributed by atoms with van der Waals surface area (Å²) in [6, 6.07) is 12.4. The summed E-state index contributed by atoms with van der Waals surface area (Å²) in [6.07, 6.45) is 1.50. The van der Waals surface area contributed by atoms with Gasteiger partial charge in [-0.3, -0.25) is 4.79 Å². The number of amides is 2. The van der Waals surface area contributed by atoms with E-state index >= 15 is 0 Å². The van der Waals surface area contributed by atoms with Gasteiger partial charge in [0, 0.05) is 30.3 Å². The molecule has 0 radical (unpaired) electrons. The molecule has 0 spiro atoms. The third-order valence-corrected chi connectivity index (χ3v) is 5.56. The Bertz CT molecular complexity index is 1140. The second kappa shape index (κ2) is 6.31. The van der Waals surface area contributed by atoms with Gasteiger partial charge in [-0.15, -0.1) is 0 Å². The summed E-state index contributed by atoms with van der Waals surface area (Å²) in [4.78, 5) is 33.2. The lowest BCUT2D eigenvalue weighted by Crippen LogP contribution is -2.45. The van der Waals surface area contributed by atoms with Gasteiger partial charge in [-0.1, -0.05) is 24.3 Å². The van der Waals surface area contributed by atoms with E-state index in [2.05, 4.69) is 15.3 Å². The number of aliphatic hydroxyl groups is 1. The largest absolute Gasteiger partial charge is 0.414 e. The fourth-order valence-electron chi connectivity index (χ4n) is 3.89. The number of aromatic nitrogens is 2. The molecule has 1 aliphatic carbocycles. The van der Waals surface area contributed by atoms with Crippen LogP contribution in [0.5, 0.6) is 6.01 Å². The highest BCUT2D eigenvalue weighted by atomic mass is 16.6. The van der Waals surface area contributed by atoms with E-state index in [0.29, 0.717) is 40.2 Å². The number of nitrogens with zero attached hydrogens (tertiary/aromatic N) is 2. The number of hydrogen-bond donors (Lipinski definition) is 3. The smallest absolute Gasteiger partial charge is 0.375 e. The molecule has 1 fully saturated rings. The minimum Gasteiger partial charge on any atom is -0.375 e. The third kappa shape index (κ3) is 2.75. The van der Waals surface area contributed by atoms with Crippen molar-refractivity contribution in [1.29, 1.82) is 0 Å². The molecule has 8 nitrogen and oxygen atoms in total. The van der Waals surface area contributed by atoms with E-state index < -0.39 is 11.8 Å². The van der Waals surface area contributed by atoms with Gasteiger partial charge in [0.05, 0.1) is 11.0 Å². The second-order valence-corrected chi connectivity index (χ2v) is 7.49. The summed E-state index contributed by atoms with van der Waals surface area (Å²) in [5.41, 5.74) is 1.27. The SMILES string of the molecule is CNC(=O)Oc1nc2ccc(C3(O)c4ccccc4C(=O)N3CC3CC3)cc2[nH]1. The summed E-state index contributed by atoms with van der Waals surface area (Å²) in [5.74, 6) is 0.256. The van der Waals surface area contributed by atoms with Crippen LogP contribution >= 0.6 is 0 Å². The molecule has 1 aliphatic heterocycles. The molecule has 2 heterocycles. The van der Waals surface area contributed by atoms with Crippen LogP contribution in [0.1, 0.15) is 34.3 Å². The maximum Gasteiger partial charge on any atom is 0.414 e. The summed E-state index contributed by atoms with van der Waals surface area (Å²) < 4.78 is 5.05. The Morgan fingerprint density at radius 3 is 2.90 bits per heavy atom. The van der Waals surface area contributed by atoms with Gasteiger partial charge in [0.2, 0.25) is 0 Å². The van der Waals surface area contributed by atoms with Crippen molar-refractivity contribution in [2.24, 2.45) is 5.92 Å². The van der Waals surface area contributed by atoms with Gasteiger partial charge in [0.25, 0.3) is 5.91 Å². The lowest BCUT2D eigenvalue weighted by molar-refractivity contribution is -0.0518. The molecule has 5 rings (SSSR count). The summed E-state index contributed by atoms with van der Waals surface area (Å²) >= 11 is 0. The molecule has 3 N–H and O–H groups in total. The number of hydrogen-bond acceptors (Lipinski definition) is 5. The number of imidazole rings is 1. The average molecular weight is 392 g/mol. The van der Waals surface area contributed by atoms with Crippen LogP contribution in [-0.2, 0) is 5.72 Å². The van der Waals surface area contributed by atoms with Crippen molar-refractivity contribution in [3.8, 4) is 6.01 Å². The number of rotatable bonds is 4. The lowest BCUT2D eigenvalue weighted by atomic mass is 9.93. The monoisotopic (exact) mass is 392 g/mol. The zero-order valence-corrected chi connectivity index (χ0v) is 15.8. The first-order chi connectivity index (χ1) is 14.0. The molecule has 2 aromatic carbocycles. The van der Waals surface area contributed by atoms with Crippen molar-refractivity contribution in [3.63, 3.8) is 0 Å². The molecule has 3 aromatic rings. The number of benzene rings is 2. The second-order valence-electron chi connectivity index (χ2n) is 7.49. The molecule has 8 heteroatoms. The Kier molecular flexibility index (Phi) is 3.85. The quantitative estimate of drug-likeness (QED) is 0.632. The Morgan fingerprint density at radius 1 is 1.34 bits per heavy atom. The fourth-order valence-corrected chi connectivity index (χ4v) is 3.89. The first-order valence-corrected chi connectivity index (χ1v) is 9.54. The minimum atomic E-state index is -1.56. The fraction of sp³-hybridized carbons (Fsp3) is 0.286. The number of H-pyrrole nitrogens is 1. The van der Waals surface area contributed by atoms with E-state index in [4.69, 9.17) is 4.74 Å². The van der Waals surface area contributed by atoms with E-state index in [1.54, 1.807) is 41.3 Å². The van der Waals surface area contributed by atoms with Gasteiger partial charge < -0.3 is 25.0 Å². The molecule has 1 aromatic heterocycles. The predicted octanol–water partition coefficient (Wildman–Crippen LogP) is 2.34. The van der Waals surface area contributed by atoms with E-state index in [1.807, 2.05) is 6.07 Å². The van der Waals surface area contributed by atoms with E-state index in [0.717, 1.165) is 12.8 Å². The topological polar surface area (TPSA) is 108 Å². The molecule has 148 valence electrons. The van der Waals surface area contributed by atoms with Crippen molar-refractivity contribution in [3.05, 3.63) is 59.2 Å². The molecule has 0 saturated heterocycles. The molecule has 1 atom stereocenters. The molecular formula is C21H20N4O4. The molecule has 29 heavy (non-hydrogen) atoms. The standard InChI is InChI=1S/C21H20N4O4/c1-22-20(27)29-19-23-16-9-8-13(10-17(16)24-19)21(28)15-5-3-2-4-14(15)18(26)25(21)11-12-6-7-12/h2-5,8-10,12,28H,6-7,11H2,1H3,(H,22,27)(H,23,24). The number of nitrogens with one attached hydrogen (secondary N) is 2. The van der Waals surface area contributed by atoms with Crippen LogP contribution in [0.2, 0.25) is 0 Å². The van der Waals surface area contributed by atoms with Gasteiger partial charge in [0.15, 0.2) is 5.72 Å². The van der Waals surface area contributed by atoms with Gasteiger partial charge in [-0.2, -0.15) is 4.98 Å². The maximum absolute atomic E-state index is 13.1. The highest BCUT2D eigenvalue weighted by molar-refractivity contribution is 6.00.